The summed E-state index contributed by atoms with van der Waals surface area (Å²) in [5, 5.41) is 8.97. The van der Waals surface area contributed by atoms with Crippen LogP contribution in [0.3, 0.4) is 0 Å². The average molecular weight is 206 g/mol. The van der Waals surface area contributed by atoms with Crippen molar-refractivity contribution in [1.29, 1.82) is 0 Å². The lowest BCUT2D eigenvalue weighted by atomic mass is 10.2. The number of aliphatic hydroxyl groups is 1. The van der Waals surface area contributed by atoms with Crippen molar-refractivity contribution in [3.63, 3.8) is 0 Å². The molecule has 82 valence electrons. The molecular weight excluding hydrogens is 188 g/mol. The predicted molar refractivity (Wildman–Crippen MR) is 59.5 cm³/mol. The van der Waals surface area contributed by atoms with E-state index in [0.717, 1.165) is 18.8 Å². The molecule has 1 N–H and O–H groups in total. The van der Waals surface area contributed by atoms with Gasteiger partial charge >= 0.3 is 0 Å². The van der Waals surface area contributed by atoms with Crippen LogP contribution < -0.4 is 0 Å². The third-order valence-electron chi connectivity index (χ3n) is 2.79. The van der Waals surface area contributed by atoms with E-state index < -0.39 is 0 Å². The van der Waals surface area contributed by atoms with Crippen LogP contribution in [0.15, 0.2) is 18.3 Å². The maximum absolute atomic E-state index is 8.97. The lowest BCUT2D eigenvalue weighted by Gasteiger charge is -2.20. The van der Waals surface area contributed by atoms with Crippen LogP contribution >= 0.6 is 0 Å². The number of aliphatic hydroxyl groups excluding tert-OH is 1. The van der Waals surface area contributed by atoms with Crippen LogP contribution in [0.2, 0.25) is 0 Å². The Hall–Kier alpha value is -0.930. The van der Waals surface area contributed by atoms with Gasteiger partial charge in [-0.15, -0.1) is 0 Å². The van der Waals surface area contributed by atoms with Crippen molar-refractivity contribution in [3.05, 3.63) is 29.6 Å². The smallest absolute Gasteiger partial charge is 0.0558 e. The van der Waals surface area contributed by atoms with Gasteiger partial charge in [-0.25, -0.2) is 0 Å². The zero-order valence-corrected chi connectivity index (χ0v) is 9.19. The zero-order chi connectivity index (χ0) is 10.7. The van der Waals surface area contributed by atoms with E-state index in [2.05, 4.69) is 22.0 Å². The average Bonchev–Trinajstić information content (AvgIpc) is 3.04. The fourth-order valence-electron chi connectivity index (χ4n) is 1.76. The van der Waals surface area contributed by atoms with E-state index >= 15 is 0 Å². The molecule has 0 bridgehead atoms. The van der Waals surface area contributed by atoms with Crippen molar-refractivity contribution in [2.75, 3.05) is 13.2 Å². The molecule has 3 nitrogen and oxygen atoms in total. The molecule has 0 spiro atoms. The third-order valence-corrected chi connectivity index (χ3v) is 2.79. The molecule has 2 rings (SSSR count). The molecule has 1 fully saturated rings. The van der Waals surface area contributed by atoms with E-state index in [1.807, 2.05) is 13.1 Å². The largest absolute Gasteiger partial charge is 0.395 e. The Morgan fingerprint density at radius 3 is 2.80 bits per heavy atom. The second-order valence-corrected chi connectivity index (χ2v) is 4.25. The van der Waals surface area contributed by atoms with Crippen LogP contribution in [0.25, 0.3) is 0 Å². The lowest BCUT2D eigenvalue weighted by Crippen LogP contribution is -2.28. The Bertz CT molecular complexity index is 306. The van der Waals surface area contributed by atoms with Crippen molar-refractivity contribution >= 4 is 0 Å². The van der Waals surface area contributed by atoms with Gasteiger partial charge in [0.1, 0.15) is 0 Å². The van der Waals surface area contributed by atoms with Gasteiger partial charge in [-0.1, -0.05) is 6.07 Å². The highest BCUT2D eigenvalue weighted by Crippen LogP contribution is 2.27. The number of nitrogens with zero attached hydrogens (tertiary/aromatic N) is 2. The van der Waals surface area contributed by atoms with Gasteiger partial charge in [0.25, 0.3) is 0 Å². The van der Waals surface area contributed by atoms with Gasteiger partial charge in [-0.05, 0) is 31.4 Å². The molecular formula is C12H18N2O. The first kappa shape index (κ1) is 10.6. The van der Waals surface area contributed by atoms with Crippen molar-refractivity contribution < 1.29 is 5.11 Å². The van der Waals surface area contributed by atoms with Gasteiger partial charge in [0, 0.05) is 25.3 Å². The molecule has 1 heterocycles. The van der Waals surface area contributed by atoms with Gasteiger partial charge in [-0.2, -0.15) is 0 Å². The number of aryl methyl sites for hydroxylation is 1. The number of hydrogen-bond donors (Lipinski definition) is 1. The second-order valence-electron chi connectivity index (χ2n) is 4.25. The second kappa shape index (κ2) is 4.73. The van der Waals surface area contributed by atoms with E-state index in [0.29, 0.717) is 6.04 Å². The highest BCUT2D eigenvalue weighted by molar-refractivity contribution is 5.12. The van der Waals surface area contributed by atoms with Crippen LogP contribution in [-0.4, -0.2) is 34.2 Å². The minimum Gasteiger partial charge on any atom is -0.395 e. The number of pyridine rings is 1. The van der Waals surface area contributed by atoms with E-state index in [1.54, 1.807) is 0 Å². The summed E-state index contributed by atoms with van der Waals surface area (Å²) in [6.07, 6.45) is 4.44. The van der Waals surface area contributed by atoms with Crippen LogP contribution in [0.4, 0.5) is 0 Å². The van der Waals surface area contributed by atoms with E-state index in [9.17, 15) is 0 Å². The summed E-state index contributed by atoms with van der Waals surface area (Å²) in [7, 11) is 0. The molecule has 0 saturated heterocycles. The molecule has 3 heteroatoms. The predicted octanol–water partition coefficient (Wildman–Crippen LogP) is 1.35. The Balaban J connectivity index is 1.95. The maximum Gasteiger partial charge on any atom is 0.0558 e. The fourth-order valence-corrected chi connectivity index (χ4v) is 1.76. The molecule has 0 aromatic carbocycles. The Labute approximate surface area is 90.8 Å². The van der Waals surface area contributed by atoms with Crippen molar-refractivity contribution in [1.82, 2.24) is 9.88 Å². The van der Waals surface area contributed by atoms with E-state index in [-0.39, 0.29) is 6.61 Å². The SMILES string of the molecule is Cc1ccc(CN(CCO)C2CC2)nc1. The zero-order valence-electron chi connectivity index (χ0n) is 9.19. The van der Waals surface area contributed by atoms with Gasteiger partial charge in [-0.3, -0.25) is 9.88 Å². The van der Waals surface area contributed by atoms with Gasteiger partial charge < -0.3 is 5.11 Å². The molecule has 1 aliphatic carbocycles. The first-order valence-electron chi connectivity index (χ1n) is 5.56. The fraction of sp³-hybridized carbons (Fsp3) is 0.583. The summed E-state index contributed by atoms with van der Waals surface area (Å²) < 4.78 is 0. The first-order chi connectivity index (χ1) is 7.29. The summed E-state index contributed by atoms with van der Waals surface area (Å²) >= 11 is 0. The minimum absolute atomic E-state index is 0.238. The molecule has 1 saturated carbocycles. The summed E-state index contributed by atoms with van der Waals surface area (Å²) in [5.74, 6) is 0. The summed E-state index contributed by atoms with van der Waals surface area (Å²) in [6, 6.07) is 4.84. The van der Waals surface area contributed by atoms with Crippen molar-refractivity contribution in [2.45, 2.75) is 32.4 Å². The summed E-state index contributed by atoms with van der Waals surface area (Å²) in [4.78, 5) is 6.70. The van der Waals surface area contributed by atoms with Crippen molar-refractivity contribution in [3.8, 4) is 0 Å². The topological polar surface area (TPSA) is 36.4 Å². The van der Waals surface area contributed by atoms with Gasteiger partial charge in [0.15, 0.2) is 0 Å². The Kier molecular flexibility index (Phi) is 3.34. The molecule has 0 atom stereocenters. The maximum atomic E-state index is 8.97. The molecule has 15 heavy (non-hydrogen) atoms. The standard InChI is InChI=1S/C12H18N2O/c1-10-2-3-11(13-8-10)9-14(6-7-15)12-4-5-12/h2-3,8,12,15H,4-7,9H2,1H3. The van der Waals surface area contributed by atoms with E-state index in [4.69, 9.17) is 5.11 Å². The third kappa shape index (κ3) is 3.01. The highest BCUT2D eigenvalue weighted by Gasteiger charge is 2.28. The minimum atomic E-state index is 0.238. The van der Waals surface area contributed by atoms with Crippen LogP contribution in [0, 0.1) is 6.92 Å². The highest BCUT2D eigenvalue weighted by atomic mass is 16.3. The number of rotatable bonds is 5. The molecule has 1 aromatic rings. The quantitative estimate of drug-likeness (QED) is 0.790. The van der Waals surface area contributed by atoms with Crippen LogP contribution in [0.5, 0.6) is 0 Å². The van der Waals surface area contributed by atoms with E-state index in [1.165, 1.54) is 18.4 Å². The molecule has 1 aliphatic rings. The van der Waals surface area contributed by atoms with Crippen LogP contribution in [-0.2, 0) is 6.54 Å². The van der Waals surface area contributed by atoms with Gasteiger partial charge in [0.2, 0.25) is 0 Å². The monoisotopic (exact) mass is 206 g/mol. The molecule has 0 radical (unpaired) electrons. The summed E-state index contributed by atoms with van der Waals surface area (Å²) in [6.45, 7) is 3.91. The Morgan fingerprint density at radius 2 is 2.27 bits per heavy atom. The molecule has 1 aromatic heterocycles. The summed E-state index contributed by atoms with van der Waals surface area (Å²) in [5.41, 5.74) is 2.29. The first-order valence-corrected chi connectivity index (χ1v) is 5.56. The molecule has 0 aliphatic heterocycles. The molecule has 0 unspecified atom stereocenters. The Morgan fingerprint density at radius 1 is 1.47 bits per heavy atom. The van der Waals surface area contributed by atoms with Crippen molar-refractivity contribution in [2.24, 2.45) is 0 Å². The number of aromatic nitrogens is 1. The molecule has 0 amide bonds. The van der Waals surface area contributed by atoms with Crippen LogP contribution in [0.1, 0.15) is 24.1 Å². The van der Waals surface area contributed by atoms with Gasteiger partial charge in [0.05, 0.1) is 12.3 Å². The lowest BCUT2D eigenvalue weighted by molar-refractivity contribution is 0.182. The number of hydrogen-bond acceptors (Lipinski definition) is 3. The normalized spacial score (nSPS) is 15.9.